The van der Waals surface area contributed by atoms with Crippen LogP contribution in [0.5, 0.6) is 5.75 Å². The maximum absolute atomic E-state index is 13.3. The molecule has 3 aromatic carbocycles. The van der Waals surface area contributed by atoms with E-state index in [-0.39, 0.29) is 34.5 Å². The largest absolute Gasteiger partial charge is 0.495 e. The molecule has 220 valence electrons. The lowest BCUT2D eigenvalue weighted by molar-refractivity contribution is -0.137. The summed E-state index contributed by atoms with van der Waals surface area (Å²) in [5.41, 5.74) is 0.827. The molecule has 1 aromatic heterocycles. The first kappa shape index (κ1) is 30.6. The number of hydrogen-bond acceptors (Lipinski definition) is 6. The van der Waals surface area contributed by atoms with Gasteiger partial charge in [0.25, 0.3) is 5.91 Å². The van der Waals surface area contributed by atoms with Gasteiger partial charge in [0.1, 0.15) is 5.75 Å². The fraction of sp³-hybridized carbons (Fsp3) is 0.267. The van der Waals surface area contributed by atoms with E-state index in [0.717, 1.165) is 23.4 Å². The van der Waals surface area contributed by atoms with E-state index in [1.165, 1.54) is 25.3 Å². The number of methoxy groups -OCH3 is 1. The monoisotopic (exact) mass is 597 g/mol. The van der Waals surface area contributed by atoms with Crippen molar-refractivity contribution in [3.8, 4) is 11.4 Å². The third-order valence-corrected chi connectivity index (χ3v) is 7.21. The number of benzene rings is 3. The second-order valence-corrected chi connectivity index (χ2v) is 11.2. The maximum Gasteiger partial charge on any atom is 0.418 e. The standard InChI is InChI=1S/C30H30F3N5O3S/c1-29(2,3)20-15-13-19(14-16-20)27(40)34-17-25-36-37-28(38(25)23-11-7-8-12-24(23)41-4)42-18-26(39)35-22-10-6-5-9-21(22)30(31,32)33/h5-16H,17-18H2,1-4H3,(H,34,40)(H,35,39). The van der Waals surface area contributed by atoms with Crippen molar-refractivity contribution in [2.45, 2.75) is 44.1 Å². The van der Waals surface area contributed by atoms with Gasteiger partial charge in [-0.2, -0.15) is 13.2 Å². The van der Waals surface area contributed by atoms with Crippen LogP contribution < -0.4 is 15.4 Å². The lowest BCUT2D eigenvalue weighted by Gasteiger charge is -2.19. The predicted molar refractivity (Wildman–Crippen MR) is 155 cm³/mol. The SMILES string of the molecule is COc1ccccc1-n1c(CNC(=O)c2ccc(C(C)(C)C)cc2)nnc1SCC(=O)Nc1ccccc1C(F)(F)F. The minimum absolute atomic E-state index is 0.0105. The molecule has 4 rings (SSSR count). The van der Waals surface area contributed by atoms with Crippen LogP contribution in [0.2, 0.25) is 0 Å². The first-order valence-corrected chi connectivity index (χ1v) is 13.9. The third-order valence-electron chi connectivity index (χ3n) is 6.29. The second-order valence-electron chi connectivity index (χ2n) is 10.3. The number of amides is 2. The van der Waals surface area contributed by atoms with Gasteiger partial charge in [0.2, 0.25) is 5.91 Å². The van der Waals surface area contributed by atoms with Crippen molar-refractivity contribution >= 4 is 29.3 Å². The Balaban J connectivity index is 1.53. The van der Waals surface area contributed by atoms with Crippen molar-refractivity contribution in [3.63, 3.8) is 0 Å². The molecule has 8 nitrogen and oxygen atoms in total. The number of para-hydroxylation sites is 3. The second kappa shape index (κ2) is 12.7. The van der Waals surface area contributed by atoms with Crippen molar-refractivity contribution in [2.24, 2.45) is 0 Å². The molecule has 0 bridgehead atoms. The van der Waals surface area contributed by atoms with Crippen LogP contribution in [-0.4, -0.2) is 39.4 Å². The molecule has 0 atom stereocenters. The molecule has 2 N–H and O–H groups in total. The van der Waals surface area contributed by atoms with E-state index in [1.54, 1.807) is 41.0 Å². The van der Waals surface area contributed by atoms with E-state index in [1.807, 2.05) is 12.1 Å². The number of carbonyl (C=O) groups excluding carboxylic acids is 2. The van der Waals surface area contributed by atoms with Crippen LogP contribution in [0.3, 0.4) is 0 Å². The van der Waals surface area contributed by atoms with E-state index < -0.39 is 17.6 Å². The first-order valence-electron chi connectivity index (χ1n) is 12.9. The number of carbonyl (C=O) groups is 2. The molecule has 0 aliphatic heterocycles. The van der Waals surface area contributed by atoms with Crippen LogP contribution >= 0.6 is 11.8 Å². The topological polar surface area (TPSA) is 98.1 Å². The van der Waals surface area contributed by atoms with E-state index in [9.17, 15) is 22.8 Å². The summed E-state index contributed by atoms with van der Waals surface area (Å²) in [5.74, 6) is -0.342. The van der Waals surface area contributed by atoms with Gasteiger partial charge >= 0.3 is 6.18 Å². The van der Waals surface area contributed by atoms with Gasteiger partial charge in [-0.05, 0) is 47.4 Å². The number of nitrogens with zero attached hydrogens (tertiary/aromatic N) is 3. The molecule has 0 radical (unpaired) electrons. The number of anilines is 1. The molecule has 4 aromatic rings. The molecule has 0 saturated heterocycles. The summed E-state index contributed by atoms with van der Waals surface area (Å²) in [6.07, 6.45) is -4.62. The highest BCUT2D eigenvalue weighted by atomic mass is 32.2. The summed E-state index contributed by atoms with van der Waals surface area (Å²) in [6, 6.07) is 19.2. The van der Waals surface area contributed by atoms with Crippen molar-refractivity contribution in [1.29, 1.82) is 0 Å². The highest BCUT2D eigenvalue weighted by Crippen LogP contribution is 2.35. The van der Waals surface area contributed by atoms with Gasteiger partial charge in [-0.1, -0.05) is 68.9 Å². The number of ether oxygens (including phenoxy) is 1. The number of hydrogen-bond donors (Lipinski definition) is 2. The Morgan fingerprint density at radius 1 is 0.929 bits per heavy atom. The number of rotatable bonds is 9. The Hall–Kier alpha value is -4.32. The Kier molecular flexibility index (Phi) is 9.25. The zero-order chi connectivity index (χ0) is 30.5. The van der Waals surface area contributed by atoms with Crippen molar-refractivity contribution < 1.29 is 27.5 Å². The molecule has 0 unspecified atom stereocenters. The highest BCUT2D eigenvalue weighted by molar-refractivity contribution is 7.99. The van der Waals surface area contributed by atoms with E-state index in [0.29, 0.717) is 22.8 Å². The Labute approximate surface area is 245 Å². The van der Waals surface area contributed by atoms with Gasteiger partial charge in [0.15, 0.2) is 11.0 Å². The molecule has 0 fully saturated rings. The zero-order valence-corrected chi connectivity index (χ0v) is 24.3. The van der Waals surface area contributed by atoms with Crippen molar-refractivity contribution in [3.05, 3.63) is 95.3 Å². The summed E-state index contributed by atoms with van der Waals surface area (Å²) in [7, 11) is 1.50. The van der Waals surface area contributed by atoms with E-state index in [2.05, 4.69) is 41.6 Å². The fourth-order valence-electron chi connectivity index (χ4n) is 4.10. The molecule has 1 heterocycles. The Morgan fingerprint density at radius 3 is 2.26 bits per heavy atom. The molecular formula is C30H30F3N5O3S. The summed E-state index contributed by atoms with van der Waals surface area (Å²) in [4.78, 5) is 25.6. The van der Waals surface area contributed by atoms with Crippen LogP contribution in [0.25, 0.3) is 5.69 Å². The van der Waals surface area contributed by atoms with Crippen LogP contribution in [0.15, 0.2) is 78.0 Å². The van der Waals surface area contributed by atoms with E-state index in [4.69, 9.17) is 4.74 Å². The zero-order valence-electron chi connectivity index (χ0n) is 23.5. The van der Waals surface area contributed by atoms with Gasteiger partial charge in [-0.15, -0.1) is 10.2 Å². The molecule has 42 heavy (non-hydrogen) atoms. The number of alkyl halides is 3. The average Bonchev–Trinajstić information content (AvgIpc) is 3.36. The van der Waals surface area contributed by atoms with Gasteiger partial charge in [-0.25, -0.2) is 0 Å². The van der Waals surface area contributed by atoms with E-state index >= 15 is 0 Å². The Morgan fingerprint density at radius 2 is 1.60 bits per heavy atom. The van der Waals surface area contributed by atoms with Crippen molar-refractivity contribution in [2.75, 3.05) is 18.2 Å². The maximum atomic E-state index is 13.3. The van der Waals surface area contributed by atoms with Crippen LogP contribution in [0.4, 0.5) is 18.9 Å². The fourth-order valence-corrected chi connectivity index (χ4v) is 4.87. The Bertz CT molecular complexity index is 1560. The molecule has 0 aliphatic rings. The molecule has 0 saturated carbocycles. The van der Waals surface area contributed by atoms with Crippen molar-refractivity contribution in [1.82, 2.24) is 20.1 Å². The summed E-state index contributed by atoms with van der Waals surface area (Å²) in [5, 5.41) is 13.9. The van der Waals surface area contributed by atoms with Crippen LogP contribution in [0, 0.1) is 0 Å². The minimum Gasteiger partial charge on any atom is -0.495 e. The smallest absolute Gasteiger partial charge is 0.418 e. The van der Waals surface area contributed by atoms with Gasteiger partial charge in [-0.3, -0.25) is 14.2 Å². The predicted octanol–water partition coefficient (Wildman–Crippen LogP) is 6.25. The molecular weight excluding hydrogens is 567 g/mol. The third kappa shape index (κ3) is 7.30. The first-order chi connectivity index (χ1) is 19.9. The van der Waals surface area contributed by atoms with Crippen LogP contribution in [-0.2, 0) is 22.9 Å². The highest BCUT2D eigenvalue weighted by Gasteiger charge is 2.33. The summed E-state index contributed by atoms with van der Waals surface area (Å²) >= 11 is 0.985. The van der Waals surface area contributed by atoms with Gasteiger partial charge in [0.05, 0.1) is 36.3 Å². The minimum atomic E-state index is -4.62. The summed E-state index contributed by atoms with van der Waals surface area (Å²) < 4.78 is 47.2. The number of nitrogens with one attached hydrogen (secondary N) is 2. The van der Waals surface area contributed by atoms with Gasteiger partial charge < -0.3 is 15.4 Å². The number of halogens is 3. The molecule has 12 heteroatoms. The lowest BCUT2D eigenvalue weighted by Crippen LogP contribution is -2.25. The number of aromatic nitrogens is 3. The van der Waals surface area contributed by atoms with Gasteiger partial charge in [0, 0.05) is 5.56 Å². The quantitative estimate of drug-likeness (QED) is 0.221. The molecule has 0 spiro atoms. The molecule has 2 amide bonds. The molecule has 0 aliphatic carbocycles. The average molecular weight is 598 g/mol. The lowest BCUT2D eigenvalue weighted by atomic mass is 9.87. The van der Waals surface area contributed by atoms with Crippen LogP contribution in [0.1, 0.15) is 48.1 Å². The number of thioether (sulfide) groups is 1. The summed E-state index contributed by atoms with van der Waals surface area (Å²) in [6.45, 7) is 6.28. The normalized spacial score (nSPS) is 11.7.